The summed E-state index contributed by atoms with van der Waals surface area (Å²) >= 11 is 0. The number of nitrogens with one attached hydrogen (secondary N) is 1. The summed E-state index contributed by atoms with van der Waals surface area (Å²) in [4.78, 5) is 19.3. The van der Waals surface area contributed by atoms with Gasteiger partial charge in [-0.3, -0.25) is 9.69 Å². The number of hydrogen-bond donors (Lipinski definition) is 2. The Balaban J connectivity index is 0.965. The van der Waals surface area contributed by atoms with E-state index in [-0.39, 0.29) is 12.2 Å². The quantitative estimate of drug-likeness (QED) is 0.356. The average Bonchev–Trinajstić information content (AvgIpc) is 3.63. The van der Waals surface area contributed by atoms with Crippen LogP contribution in [0.15, 0.2) is 30.3 Å². The Kier molecular flexibility index (Phi) is 8.32. The molecule has 1 unspecified atom stereocenters. The van der Waals surface area contributed by atoms with Crippen LogP contribution in [0.1, 0.15) is 79.3 Å². The summed E-state index contributed by atoms with van der Waals surface area (Å²) in [7, 11) is 0. The van der Waals surface area contributed by atoms with E-state index in [0.29, 0.717) is 25.6 Å². The molecule has 3 aliphatic heterocycles. The van der Waals surface area contributed by atoms with Crippen molar-refractivity contribution < 1.29 is 24.1 Å². The third-order valence-electron chi connectivity index (χ3n) is 8.42. The number of carboxylic acid groups (broad SMARTS) is 1. The molecular formula is C31H41N3O5. The highest BCUT2D eigenvalue weighted by Crippen LogP contribution is 2.49. The molecule has 2 atom stereocenters. The fourth-order valence-electron chi connectivity index (χ4n) is 6.11. The van der Waals surface area contributed by atoms with Gasteiger partial charge in [0.05, 0.1) is 19.3 Å². The molecule has 2 N–H and O–H groups in total. The summed E-state index contributed by atoms with van der Waals surface area (Å²) in [6, 6.07) is 9.64. The van der Waals surface area contributed by atoms with Crippen LogP contribution in [0, 0.1) is 0 Å². The van der Waals surface area contributed by atoms with Crippen LogP contribution < -0.4 is 10.1 Å². The Labute approximate surface area is 231 Å². The number of aryl methyl sites for hydroxylation is 2. The van der Waals surface area contributed by atoms with E-state index in [9.17, 15) is 9.90 Å². The zero-order valence-corrected chi connectivity index (χ0v) is 22.8. The molecule has 0 spiro atoms. The van der Waals surface area contributed by atoms with Gasteiger partial charge < -0.3 is 24.6 Å². The minimum absolute atomic E-state index is 0.0501. The molecule has 2 saturated heterocycles. The maximum Gasteiger partial charge on any atom is 0.325 e. The summed E-state index contributed by atoms with van der Waals surface area (Å²) in [6.07, 6.45) is 9.72. The molecular weight excluding hydrogens is 494 g/mol. The van der Waals surface area contributed by atoms with Gasteiger partial charge in [0.25, 0.3) is 0 Å². The SMILES string of the molecule is O=C(O)C(c1cccc(O[C@@H]2CCOC2)c1C1CC1)N1CC(OCCCCCc2ccc3c(n2)NCCC3)C1. The van der Waals surface area contributed by atoms with Crippen LogP contribution >= 0.6 is 0 Å². The lowest BCUT2D eigenvalue weighted by Gasteiger charge is -2.43. The van der Waals surface area contributed by atoms with Crippen LogP contribution in [0.25, 0.3) is 0 Å². The number of likely N-dealkylation sites (tertiary alicyclic amines) is 1. The lowest BCUT2D eigenvalue weighted by molar-refractivity contribution is -0.151. The molecule has 8 nitrogen and oxygen atoms in total. The highest BCUT2D eigenvalue weighted by Gasteiger charge is 2.41. The van der Waals surface area contributed by atoms with Crippen LogP contribution in [0.2, 0.25) is 0 Å². The van der Waals surface area contributed by atoms with Gasteiger partial charge in [-0.15, -0.1) is 0 Å². The van der Waals surface area contributed by atoms with Crippen LogP contribution in [-0.2, 0) is 27.1 Å². The van der Waals surface area contributed by atoms with E-state index >= 15 is 0 Å². The summed E-state index contributed by atoms with van der Waals surface area (Å²) in [5.41, 5.74) is 4.47. The number of carboxylic acids is 1. The summed E-state index contributed by atoms with van der Waals surface area (Å²) in [5, 5.41) is 13.6. The number of hydrogen-bond acceptors (Lipinski definition) is 7. The fraction of sp³-hybridized carbons (Fsp3) is 0.613. The second-order valence-electron chi connectivity index (χ2n) is 11.5. The Morgan fingerprint density at radius 3 is 2.82 bits per heavy atom. The van der Waals surface area contributed by atoms with Gasteiger partial charge in [-0.2, -0.15) is 0 Å². The van der Waals surface area contributed by atoms with Crippen molar-refractivity contribution in [1.82, 2.24) is 9.88 Å². The number of aromatic nitrogens is 1. The monoisotopic (exact) mass is 535 g/mol. The molecule has 6 rings (SSSR count). The maximum atomic E-state index is 12.5. The maximum absolute atomic E-state index is 12.5. The number of fused-ring (bicyclic) bond motifs is 1. The predicted molar refractivity (Wildman–Crippen MR) is 149 cm³/mol. The number of aliphatic carboxylic acids is 1. The van der Waals surface area contributed by atoms with Crippen molar-refractivity contribution in [3.05, 3.63) is 52.7 Å². The van der Waals surface area contributed by atoms with Gasteiger partial charge in [-0.25, -0.2) is 4.98 Å². The first-order valence-electron chi connectivity index (χ1n) is 14.8. The van der Waals surface area contributed by atoms with Crippen molar-refractivity contribution in [1.29, 1.82) is 0 Å². The molecule has 1 saturated carbocycles. The largest absolute Gasteiger partial charge is 0.488 e. The molecule has 0 bridgehead atoms. The first kappa shape index (κ1) is 26.5. The van der Waals surface area contributed by atoms with Crippen molar-refractivity contribution in [2.45, 2.75) is 82.0 Å². The van der Waals surface area contributed by atoms with Crippen LogP contribution in [0.5, 0.6) is 5.75 Å². The van der Waals surface area contributed by atoms with Crippen molar-refractivity contribution in [2.75, 3.05) is 44.8 Å². The molecule has 1 aromatic carbocycles. The van der Waals surface area contributed by atoms with Gasteiger partial charge in [-0.1, -0.05) is 24.6 Å². The zero-order valence-electron chi connectivity index (χ0n) is 22.8. The fourth-order valence-corrected chi connectivity index (χ4v) is 6.11. The minimum Gasteiger partial charge on any atom is -0.488 e. The van der Waals surface area contributed by atoms with Crippen LogP contribution in [-0.4, -0.2) is 72.6 Å². The first-order valence-corrected chi connectivity index (χ1v) is 14.8. The Hall–Kier alpha value is -2.68. The molecule has 1 aromatic heterocycles. The topological polar surface area (TPSA) is 93.2 Å². The average molecular weight is 536 g/mol. The van der Waals surface area contributed by atoms with Crippen LogP contribution in [0.3, 0.4) is 0 Å². The number of nitrogens with zero attached hydrogens (tertiary/aromatic N) is 2. The van der Waals surface area contributed by atoms with Gasteiger partial charge in [-0.05, 0) is 74.1 Å². The molecule has 2 aromatic rings. The Morgan fingerprint density at radius 2 is 2.03 bits per heavy atom. The van der Waals surface area contributed by atoms with Crippen LogP contribution in [0.4, 0.5) is 5.82 Å². The zero-order chi connectivity index (χ0) is 26.6. The van der Waals surface area contributed by atoms with Crippen molar-refractivity contribution >= 4 is 11.8 Å². The summed E-state index contributed by atoms with van der Waals surface area (Å²) in [5.74, 6) is 1.50. The van der Waals surface area contributed by atoms with Crippen molar-refractivity contribution in [2.24, 2.45) is 0 Å². The third-order valence-corrected chi connectivity index (χ3v) is 8.42. The van der Waals surface area contributed by atoms with E-state index in [4.69, 9.17) is 19.2 Å². The van der Waals surface area contributed by atoms with Crippen molar-refractivity contribution in [3.8, 4) is 5.75 Å². The van der Waals surface area contributed by atoms with E-state index in [1.165, 1.54) is 12.0 Å². The standard InChI is InChI=1S/C31H41N3O5/c35-31(36)29(26-8-4-9-27(28(26)21-10-11-21)39-24-14-17-37-20-24)34-18-25(19-34)38-16-3-1-2-7-23-13-12-22-6-5-15-32-30(22)33-23/h4,8-9,12-13,21,24-25,29H,1-3,5-7,10-11,14-20H2,(H,32,33)(H,35,36)/t24-,29?/m1/s1. The lowest BCUT2D eigenvalue weighted by Crippen LogP contribution is -2.55. The summed E-state index contributed by atoms with van der Waals surface area (Å²) < 4.78 is 17.9. The van der Waals surface area contributed by atoms with Crippen molar-refractivity contribution in [3.63, 3.8) is 0 Å². The molecule has 8 heteroatoms. The minimum atomic E-state index is -0.803. The Morgan fingerprint density at radius 1 is 1.13 bits per heavy atom. The van der Waals surface area contributed by atoms with E-state index in [0.717, 1.165) is 99.5 Å². The first-order chi connectivity index (χ1) is 19.2. The number of carbonyl (C=O) groups is 1. The van der Waals surface area contributed by atoms with E-state index < -0.39 is 12.0 Å². The summed E-state index contributed by atoms with van der Waals surface area (Å²) in [6.45, 7) is 4.36. The van der Waals surface area contributed by atoms with Gasteiger partial charge in [0.2, 0.25) is 0 Å². The molecule has 0 amide bonds. The molecule has 210 valence electrons. The number of benzene rings is 1. The normalized spacial score (nSPS) is 22.1. The van der Waals surface area contributed by atoms with Gasteiger partial charge in [0, 0.05) is 43.9 Å². The smallest absolute Gasteiger partial charge is 0.325 e. The highest BCUT2D eigenvalue weighted by atomic mass is 16.5. The van der Waals surface area contributed by atoms with Gasteiger partial charge in [0.15, 0.2) is 0 Å². The second-order valence-corrected chi connectivity index (χ2v) is 11.5. The highest BCUT2D eigenvalue weighted by molar-refractivity contribution is 5.77. The van der Waals surface area contributed by atoms with E-state index in [1.807, 2.05) is 23.1 Å². The number of ether oxygens (including phenoxy) is 3. The molecule has 0 radical (unpaired) electrons. The predicted octanol–water partition coefficient (Wildman–Crippen LogP) is 4.72. The second kappa shape index (κ2) is 12.2. The number of rotatable bonds is 13. The van der Waals surface area contributed by atoms with E-state index in [2.05, 4.69) is 17.4 Å². The number of unbranched alkanes of at least 4 members (excludes halogenated alkanes) is 2. The number of anilines is 1. The van der Waals surface area contributed by atoms with E-state index in [1.54, 1.807) is 0 Å². The molecule has 4 aliphatic rings. The molecule has 3 fully saturated rings. The molecule has 39 heavy (non-hydrogen) atoms. The van der Waals surface area contributed by atoms with Gasteiger partial charge in [0.1, 0.15) is 23.7 Å². The Bertz CT molecular complexity index is 1140. The number of pyridine rings is 1. The lowest BCUT2D eigenvalue weighted by atomic mass is 9.92. The van der Waals surface area contributed by atoms with Gasteiger partial charge >= 0.3 is 5.97 Å². The molecule has 4 heterocycles. The molecule has 1 aliphatic carbocycles. The third kappa shape index (κ3) is 6.39.